The first-order chi connectivity index (χ1) is 11.2. The predicted octanol–water partition coefficient (Wildman–Crippen LogP) is 2.27. The van der Waals surface area contributed by atoms with Crippen LogP contribution in [0.2, 0.25) is 0 Å². The van der Waals surface area contributed by atoms with E-state index in [2.05, 4.69) is 16.9 Å². The first kappa shape index (κ1) is 17.2. The average molecular weight is 315 g/mol. The molecule has 5 heteroatoms. The SMILES string of the molecule is COc1cccc(C(CN)N(C)CCc2ccncc2)c1OC. The van der Waals surface area contributed by atoms with E-state index < -0.39 is 0 Å². The van der Waals surface area contributed by atoms with E-state index in [1.807, 2.05) is 42.7 Å². The van der Waals surface area contributed by atoms with Crippen LogP contribution in [0.25, 0.3) is 0 Å². The van der Waals surface area contributed by atoms with E-state index in [0.29, 0.717) is 6.54 Å². The van der Waals surface area contributed by atoms with Crippen molar-refractivity contribution in [2.75, 3.05) is 34.4 Å². The minimum Gasteiger partial charge on any atom is -0.493 e. The molecule has 5 nitrogen and oxygen atoms in total. The molecule has 0 fully saturated rings. The summed E-state index contributed by atoms with van der Waals surface area (Å²) >= 11 is 0. The summed E-state index contributed by atoms with van der Waals surface area (Å²) < 4.78 is 10.9. The lowest BCUT2D eigenvalue weighted by Gasteiger charge is -2.29. The third kappa shape index (κ3) is 4.21. The van der Waals surface area contributed by atoms with Gasteiger partial charge in [0, 0.05) is 31.0 Å². The Morgan fingerprint density at radius 3 is 2.48 bits per heavy atom. The van der Waals surface area contributed by atoms with Gasteiger partial charge in [0.1, 0.15) is 0 Å². The molecule has 0 radical (unpaired) electrons. The average Bonchev–Trinajstić information content (AvgIpc) is 2.61. The number of likely N-dealkylation sites (N-methyl/N-ethyl adjacent to an activating group) is 1. The fourth-order valence-corrected chi connectivity index (χ4v) is 2.73. The number of benzene rings is 1. The Labute approximate surface area is 138 Å². The summed E-state index contributed by atoms with van der Waals surface area (Å²) in [4.78, 5) is 6.30. The Balaban J connectivity index is 2.15. The molecule has 0 aliphatic rings. The quantitative estimate of drug-likeness (QED) is 0.810. The maximum absolute atomic E-state index is 6.04. The molecule has 1 unspecified atom stereocenters. The van der Waals surface area contributed by atoms with Crippen molar-refractivity contribution in [2.45, 2.75) is 12.5 Å². The number of nitrogens with zero attached hydrogens (tertiary/aromatic N) is 2. The molecule has 0 spiro atoms. The molecule has 1 atom stereocenters. The molecular weight excluding hydrogens is 290 g/mol. The fourth-order valence-electron chi connectivity index (χ4n) is 2.73. The highest BCUT2D eigenvalue weighted by molar-refractivity contribution is 5.48. The molecule has 2 aromatic rings. The lowest BCUT2D eigenvalue weighted by atomic mass is 10.0. The van der Waals surface area contributed by atoms with Crippen LogP contribution in [0.4, 0.5) is 0 Å². The number of aromatic nitrogens is 1. The van der Waals surface area contributed by atoms with Crippen molar-refractivity contribution in [3.05, 3.63) is 53.9 Å². The second-order valence-corrected chi connectivity index (χ2v) is 5.42. The molecule has 1 aromatic carbocycles. The van der Waals surface area contributed by atoms with Gasteiger partial charge >= 0.3 is 0 Å². The van der Waals surface area contributed by atoms with E-state index in [9.17, 15) is 0 Å². The number of hydrogen-bond donors (Lipinski definition) is 1. The van der Waals surface area contributed by atoms with E-state index >= 15 is 0 Å². The van der Waals surface area contributed by atoms with Crippen LogP contribution in [0.15, 0.2) is 42.7 Å². The van der Waals surface area contributed by atoms with Crippen LogP contribution in [0.3, 0.4) is 0 Å². The summed E-state index contributed by atoms with van der Waals surface area (Å²) in [5, 5.41) is 0. The highest BCUT2D eigenvalue weighted by atomic mass is 16.5. The topological polar surface area (TPSA) is 60.6 Å². The summed E-state index contributed by atoms with van der Waals surface area (Å²) in [5.41, 5.74) is 8.35. The minimum atomic E-state index is 0.0712. The highest BCUT2D eigenvalue weighted by Crippen LogP contribution is 2.36. The zero-order valence-corrected chi connectivity index (χ0v) is 14.0. The molecule has 0 saturated heterocycles. The summed E-state index contributed by atoms with van der Waals surface area (Å²) in [7, 11) is 5.38. The molecule has 2 N–H and O–H groups in total. The molecule has 23 heavy (non-hydrogen) atoms. The molecule has 0 aliphatic heterocycles. The number of rotatable bonds is 8. The Morgan fingerprint density at radius 2 is 1.87 bits per heavy atom. The molecule has 0 bridgehead atoms. The molecular formula is C18H25N3O2. The van der Waals surface area contributed by atoms with Crippen LogP contribution in [0.1, 0.15) is 17.2 Å². The van der Waals surface area contributed by atoms with Gasteiger partial charge in [-0.25, -0.2) is 0 Å². The molecule has 1 heterocycles. The van der Waals surface area contributed by atoms with Gasteiger partial charge in [-0.3, -0.25) is 9.88 Å². The van der Waals surface area contributed by atoms with Gasteiger partial charge in [-0.2, -0.15) is 0 Å². The van der Waals surface area contributed by atoms with Crippen molar-refractivity contribution < 1.29 is 9.47 Å². The summed E-state index contributed by atoms with van der Waals surface area (Å²) in [6, 6.07) is 10.1. The van der Waals surface area contributed by atoms with E-state index in [0.717, 1.165) is 30.0 Å². The lowest BCUT2D eigenvalue weighted by Crippen LogP contribution is -2.32. The lowest BCUT2D eigenvalue weighted by molar-refractivity contribution is 0.244. The van der Waals surface area contributed by atoms with E-state index in [-0.39, 0.29) is 6.04 Å². The van der Waals surface area contributed by atoms with Gasteiger partial charge in [-0.15, -0.1) is 0 Å². The third-order valence-electron chi connectivity index (χ3n) is 4.05. The van der Waals surface area contributed by atoms with Crippen molar-refractivity contribution >= 4 is 0 Å². The van der Waals surface area contributed by atoms with Crippen LogP contribution in [0.5, 0.6) is 11.5 Å². The fraction of sp³-hybridized carbons (Fsp3) is 0.389. The van der Waals surface area contributed by atoms with E-state index in [4.69, 9.17) is 15.2 Å². The van der Waals surface area contributed by atoms with Crippen molar-refractivity contribution in [2.24, 2.45) is 5.73 Å². The summed E-state index contributed by atoms with van der Waals surface area (Å²) in [5.74, 6) is 1.48. The Kier molecular flexibility index (Phi) is 6.38. The molecule has 2 rings (SSSR count). The summed E-state index contributed by atoms with van der Waals surface area (Å²) in [6.45, 7) is 1.41. The molecule has 0 saturated carbocycles. The van der Waals surface area contributed by atoms with Crippen molar-refractivity contribution in [3.8, 4) is 11.5 Å². The van der Waals surface area contributed by atoms with Gasteiger partial charge in [-0.05, 0) is 37.2 Å². The smallest absolute Gasteiger partial charge is 0.165 e. The Bertz CT molecular complexity index is 604. The van der Waals surface area contributed by atoms with E-state index in [1.165, 1.54) is 5.56 Å². The molecule has 1 aromatic heterocycles. The third-order valence-corrected chi connectivity index (χ3v) is 4.05. The standard InChI is InChI=1S/C18H25N3O2/c1-21(12-9-14-7-10-20-11-8-14)16(13-19)15-5-4-6-17(22-2)18(15)23-3/h4-8,10-11,16H,9,12-13,19H2,1-3H3. The Hall–Kier alpha value is -2.11. The number of methoxy groups -OCH3 is 2. The van der Waals surface area contributed by atoms with Gasteiger partial charge in [-0.1, -0.05) is 12.1 Å². The maximum atomic E-state index is 6.04. The molecule has 0 amide bonds. The van der Waals surface area contributed by atoms with Crippen molar-refractivity contribution in [3.63, 3.8) is 0 Å². The molecule has 0 aliphatic carbocycles. The second kappa shape index (κ2) is 8.50. The van der Waals surface area contributed by atoms with Crippen LogP contribution in [-0.2, 0) is 6.42 Å². The minimum absolute atomic E-state index is 0.0712. The largest absolute Gasteiger partial charge is 0.493 e. The van der Waals surface area contributed by atoms with Gasteiger partial charge < -0.3 is 15.2 Å². The van der Waals surface area contributed by atoms with Crippen LogP contribution in [0, 0.1) is 0 Å². The Morgan fingerprint density at radius 1 is 1.13 bits per heavy atom. The van der Waals surface area contributed by atoms with Gasteiger partial charge in [0.25, 0.3) is 0 Å². The van der Waals surface area contributed by atoms with Crippen LogP contribution >= 0.6 is 0 Å². The first-order valence-corrected chi connectivity index (χ1v) is 7.71. The number of pyridine rings is 1. The van der Waals surface area contributed by atoms with Crippen molar-refractivity contribution in [1.82, 2.24) is 9.88 Å². The monoisotopic (exact) mass is 315 g/mol. The number of para-hydroxylation sites is 1. The second-order valence-electron chi connectivity index (χ2n) is 5.42. The van der Waals surface area contributed by atoms with Crippen molar-refractivity contribution in [1.29, 1.82) is 0 Å². The van der Waals surface area contributed by atoms with E-state index in [1.54, 1.807) is 14.2 Å². The number of hydrogen-bond acceptors (Lipinski definition) is 5. The zero-order chi connectivity index (χ0) is 16.7. The van der Waals surface area contributed by atoms with Gasteiger partial charge in [0.05, 0.1) is 20.3 Å². The van der Waals surface area contributed by atoms with Crippen LogP contribution in [-0.4, -0.2) is 44.2 Å². The summed E-state index contributed by atoms with van der Waals surface area (Å²) in [6.07, 6.45) is 4.59. The highest BCUT2D eigenvalue weighted by Gasteiger charge is 2.21. The van der Waals surface area contributed by atoms with Gasteiger partial charge in [0.2, 0.25) is 0 Å². The first-order valence-electron chi connectivity index (χ1n) is 7.71. The van der Waals surface area contributed by atoms with Gasteiger partial charge in [0.15, 0.2) is 11.5 Å². The predicted molar refractivity (Wildman–Crippen MR) is 91.9 cm³/mol. The number of nitrogens with two attached hydrogens (primary N) is 1. The van der Waals surface area contributed by atoms with Crippen LogP contribution < -0.4 is 15.2 Å². The normalized spacial score (nSPS) is 12.2. The number of ether oxygens (including phenoxy) is 2. The molecule has 124 valence electrons. The maximum Gasteiger partial charge on any atom is 0.165 e. The zero-order valence-electron chi connectivity index (χ0n) is 14.0.